The minimum atomic E-state index is -3.15. The second-order valence-corrected chi connectivity index (χ2v) is 15.0. The molecule has 2 aromatic carbocycles. The van der Waals surface area contributed by atoms with Crippen LogP contribution in [0.2, 0.25) is 0 Å². The van der Waals surface area contributed by atoms with Crippen molar-refractivity contribution < 1.29 is 18.3 Å². The first-order valence-corrected chi connectivity index (χ1v) is 16.9. The van der Waals surface area contributed by atoms with Gasteiger partial charge < -0.3 is 20.2 Å². The fourth-order valence-electron chi connectivity index (χ4n) is 8.80. The predicted octanol–water partition coefficient (Wildman–Crippen LogP) is 3.62. The molecule has 6 aliphatic rings. The van der Waals surface area contributed by atoms with Crippen LogP contribution in [-0.4, -0.2) is 82.0 Å². The molecule has 2 heterocycles. The van der Waals surface area contributed by atoms with Crippen LogP contribution in [0.3, 0.4) is 0 Å². The molecule has 4 bridgehead atoms. The molecule has 10 heteroatoms. The van der Waals surface area contributed by atoms with Gasteiger partial charge in [-0.25, -0.2) is 13.2 Å². The highest BCUT2D eigenvalue weighted by Gasteiger charge is 2.55. The normalized spacial score (nSPS) is 31.3. The SMILES string of the molecule is CS(=O)(=O)N1CCN(c2ccc(N3CCN(C(=O)NC4C5CC6CC4CC(CO)(C6)C5)c4ccccc43)cc2)CC1. The number of anilines is 4. The number of para-hydroxylation sites is 2. The quantitative estimate of drug-likeness (QED) is 0.562. The van der Waals surface area contributed by atoms with Gasteiger partial charge in [-0.1, -0.05) is 12.1 Å². The summed E-state index contributed by atoms with van der Waals surface area (Å²) in [7, 11) is -3.15. The van der Waals surface area contributed by atoms with Crippen LogP contribution in [0.1, 0.15) is 32.1 Å². The summed E-state index contributed by atoms with van der Waals surface area (Å²) < 4.78 is 25.3. The summed E-state index contributed by atoms with van der Waals surface area (Å²) in [5.41, 5.74) is 4.20. The number of hydrogen-bond acceptors (Lipinski definition) is 6. The van der Waals surface area contributed by atoms with E-state index in [0.29, 0.717) is 57.0 Å². The lowest BCUT2D eigenvalue weighted by Gasteiger charge is -2.59. The molecule has 2 aromatic rings. The molecule has 2 unspecified atom stereocenters. The lowest BCUT2D eigenvalue weighted by Crippen LogP contribution is -2.62. The number of sulfonamides is 1. The standard InChI is InChI=1S/C31H41N5O4S/c1-41(39,40)34-12-10-33(11-13-34)25-6-8-26(9-7-25)35-14-15-36(28-5-3-2-4-27(28)35)30(38)32-29-23-16-22-17-24(29)20-31(18-22,19-23)21-37/h2-9,22-24,29,37H,10-21H2,1H3,(H,32,38). The van der Waals surface area contributed by atoms with Gasteiger partial charge in [0.25, 0.3) is 0 Å². The van der Waals surface area contributed by atoms with Crippen LogP contribution in [0, 0.1) is 23.2 Å². The van der Waals surface area contributed by atoms with Crippen LogP contribution in [-0.2, 0) is 10.0 Å². The first-order chi connectivity index (χ1) is 19.7. The number of nitrogens with zero attached hydrogens (tertiary/aromatic N) is 4. The number of piperazine rings is 1. The summed E-state index contributed by atoms with van der Waals surface area (Å²) in [6.07, 6.45) is 6.86. The molecule has 8 rings (SSSR count). The molecule has 4 aliphatic carbocycles. The highest BCUT2D eigenvalue weighted by atomic mass is 32.2. The van der Waals surface area contributed by atoms with Crippen molar-refractivity contribution >= 4 is 38.8 Å². The topological polar surface area (TPSA) is 96.4 Å². The smallest absolute Gasteiger partial charge is 0.322 e. The Morgan fingerprint density at radius 1 is 0.878 bits per heavy atom. The van der Waals surface area contributed by atoms with E-state index in [9.17, 15) is 18.3 Å². The minimum Gasteiger partial charge on any atom is -0.396 e. The number of rotatable bonds is 5. The van der Waals surface area contributed by atoms with Gasteiger partial charge in [-0.05, 0) is 91.7 Å². The largest absolute Gasteiger partial charge is 0.396 e. The van der Waals surface area contributed by atoms with Crippen molar-refractivity contribution in [3.8, 4) is 0 Å². The van der Waals surface area contributed by atoms with Gasteiger partial charge in [-0.15, -0.1) is 0 Å². The molecule has 1 saturated heterocycles. The highest BCUT2D eigenvalue weighted by molar-refractivity contribution is 7.88. The number of carbonyl (C=O) groups excluding carboxylic acids is 1. The zero-order valence-electron chi connectivity index (χ0n) is 23.8. The van der Waals surface area contributed by atoms with E-state index >= 15 is 0 Å². The molecule has 2 aliphatic heterocycles. The molecule has 220 valence electrons. The maximum absolute atomic E-state index is 13.8. The van der Waals surface area contributed by atoms with E-state index < -0.39 is 10.0 Å². The summed E-state index contributed by atoms with van der Waals surface area (Å²) in [5, 5.41) is 13.6. The van der Waals surface area contributed by atoms with Gasteiger partial charge in [0.05, 0.1) is 17.6 Å². The number of benzene rings is 2. The maximum atomic E-state index is 13.8. The molecular formula is C31H41N5O4S. The van der Waals surface area contributed by atoms with E-state index in [1.807, 2.05) is 23.1 Å². The van der Waals surface area contributed by atoms with E-state index in [-0.39, 0.29) is 24.1 Å². The fourth-order valence-corrected chi connectivity index (χ4v) is 9.63. The maximum Gasteiger partial charge on any atom is 0.322 e. The monoisotopic (exact) mass is 579 g/mol. The van der Waals surface area contributed by atoms with Crippen molar-refractivity contribution in [1.82, 2.24) is 9.62 Å². The number of amides is 2. The van der Waals surface area contributed by atoms with Crippen molar-refractivity contribution in [1.29, 1.82) is 0 Å². The molecule has 5 fully saturated rings. The van der Waals surface area contributed by atoms with Crippen LogP contribution in [0.15, 0.2) is 48.5 Å². The zero-order valence-corrected chi connectivity index (χ0v) is 24.6. The molecule has 2 N–H and O–H groups in total. The van der Waals surface area contributed by atoms with Gasteiger partial charge >= 0.3 is 6.03 Å². The second kappa shape index (κ2) is 10.2. The van der Waals surface area contributed by atoms with Crippen molar-refractivity contribution in [2.24, 2.45) is 23.2 Å². The van der Waals surface area contributed by atoms with Gasteiger partial charge in [0, 0.05) is 63.3 Å². The van der Waals surface area contributed by atoms with Crippen LogP contribution >= 0.6 is 0 Å². The van der Waals surface area contributed by atoms with Crippen LogP contribution in [0.25, 0.3) is 0 Å². The Bertz CT molecular complexity index is 1390. The Kier molecular flexibility index (Phi) is 6.71. The Hall–Kier alpha value is -2.82. The lowest BCUT2D eigenvalue weighted by atomic mass is 9.48. The molecular weight excluding hydrogens is 538 g/mol. The van der Waals surface area contributed by atoms with Crippen LogP contribution in [0.5, 0.6) is 0 Å². The number of aliphatic hydroxyl groups excluding tert-OH is 1. The van der Waals surface area contributed by atoms with Gasteiger partial charge in [0.2, 0.25) is 10.0 Å². The lowest BCUT2D eigenvalue weighted by molar-refractivity contribution is -0.0963. The Labute approximate surface area is 243 Å². The van der Waals surface area contributed by atoms with Crippen LogP contribution in [0.4, 0.5) is 27.5 Å². The van der Waals surface area contributed by atoms with E-state index in [2.05, 4.69) is 45.4 Å². The molecule has 2 amide bonds. The van der Waals surface area contributed by atoms with Gasteiger partial charge in [0.1, 0.15) is 0 Å². The van der Waals surface area contributed by atoms with Crippen LogP contribution < -0.4 is 20.0 Å². The summed E-state index contributed by atoms with van der Waals surface area (Å²) in [5.74, 6) is 1.66. The first-order valence-electron chi connectivity index (χ1n) is 15.1. The summed E-state index contributed by atoms with van der Waals surface area (Å²) in [6, 6.07) is 16.8. The fraction of sp³-hybridized carbons (Fsp3) is 0.581. The Morgan fingerprint density at radius 2 is 1.51 bits per heavy atom. The molecule has 9 nitrogen and oxygen atoms in total. The van der Waals surface area contributed by atoms with E-state index in [1.54, 1.807) is 4.31 Å². The number of urea groups is 1. The summed E-state index contributed by atoms with van der Waals surface area (Å²) in [6.45, 7) is 3.94. The number of carbonyl (C=O) groups is 1. The van der Waals surface area contributed by atoms with E-state index in [0.717, 1.165) is 42.0 Å². The van der Waals surface area contributed by atoms with E-state index in [1.165, 1.54) is 19.1 Å². The minimum absolute atomic E-state index is 0.00351. The Balaban J connectivity index is 1.04. The van der Waals surface area contributed by atoms with Gasteiger partial charge in [-0.3, -0.25) is 4.90 Å². The molecule has 0 aromatic heterocycles. The second-order valence-electron chi connectivity index (χ2n) is 13.1. The van der Waals surface area contributed by atoms with Crippen molar-refractivity contribution in [3.05, 3.63) is 48.5 Å². The van der Waals surface area contributed by atoms with Crippen molar-refractivity contribution in [3.63, 3.8) is 0 Å². The molecule has 2 atom stereocenters. The summed E-state index contributed by atoms with van der Waals surface area (Å²) in [4.78, 5) is 20.2. The van der Waals surface area contributed by atoms with Crippen molar-refractivity contribution in [2.45, 2.75) is 38.1 Å². The zero-order chi connectivity index (χ0) is 28.4. The average Bonchev–Trinajstić information content (AvgIpc) is 2.98. The number of hydrogen-bond donors (Lipinski definition) is 2. The third-order valence-electron chi connectivity index (χ3n) is 10.5. The van der Waals surface area contributed by atoms with Gasteiger partial charge in [-0.2, -0.15) is 4.31 Å². The molecule has 0 spiro atoms. The summed E-state index contributed by atoms with van der Waals surface area (Å²) >= 11 is 0. The number of aliphatic hydroxyl groups is 1. The number of nitrogens with one attached hydrogen (secondary N) is 1. The highest BCUT2D eigenvalue weighted by Crippen LogP contribution is 2.59. The molecule has 0 radical (unpaired) electrons. The third kappa shape index (κ3) is 4.87. The van der Waals surface area contributed by atoms with E-state index in [4.69, 9.17) is 0 Å². The Morgan fingerprint density at radius 3 is 2.15 bits per heavy atom. The van der Waals surface area contributed by atoms with Crippen molar-refractivity contribution in [2.75, 3.05) is 66.8 Å². The van der Waals surface area contributed by atoms with Gasteiger partial charge in [0.15, 0.2) is 0 Å². The number of fused-ring (bicyclic) bond motifs is 1. The molecule has 41 heavy (non-hydrogen) atoms. The third-order valence-corrected chi connectivity index (χ3v) is 11.8. The predicted molar refractivity (Wildman–Crippen MR) is 161 cm³/mol. The first kappa shape index (κ1) is 27.0. The molecule has 4 saturated carbocycles. The average molecular weight is 580 g/mol.